The van der Waals surface area contributed by atoms with Gasteiger partial charge < -0.3 is 5.32 Å². The van der Waals surface area contributed by atoms with Crippen LogP contribution in [0.3, 0.4) is 0 Å². The van der Waals surface area contributed by atoms with Crippen LogP contribution in [-0.4, -0.2) is 60.1 Å². The highest BCUT2D eigenvalue weighted by Crippen LogP contribution is 2.21. The Balaban J connectivity index is 1.25. The van der Waals surface area contributed by atoms with Crippen LogP contribution in [0, 0.1) is 0 Å². The predicted octanol–water partition coefficient (Wildman–Crippen LogP) is 1.38. The van der Waals surface area contributed by atoms with Gasteiger partial charge in [0.15, 0.2) is 5.65 Å². The molecule has 4 heterocycles. The Morgan fingerprint density at radius 3 is 3.00 bits per heavy atom. The van der Waals surface area contributed by atoms with Gasteiger partial charge in [-0.15, -0.1) is 0 Å². The van der Waals surface area contributed by atoms with Gasteiger partial charge in [0, 0.05) is 38.4 Å². The molecule has 0 amide bonds. The molecule has 0 bridgehead atoms. The third kappa shape index (κ3) is 3.81. The van der Waals surface area contributed by atoms with Gasteiger partial charge in [0.25, 0.3) is 5.56 Å². The number of rotatable bonds is 6. The van der Waals surface area contributed by atoms with Crippen LogP contribution in [0.2, 0.25) is 0 Å². The van der Waals surface area contributed by atoms with E-state index in [0.717, 1.165) is 67.8 Å². The molecular formula is C21H28N8O. The zero-order valence-electron chi connectivity index (χ0n) is 17.4. The second-order valence-electron chi connectivity index (χ2n) is 8.36. The molecule has 9 heteroatoms. The molecule has 1 N–H and O–H groups in total. The number of fused-ring (bicyclic) bond motifs is 2. The zero-order chi connectivity index (χ0) is 20.5. The van der Waals surface area contributed by atoms with E-state index < -0.39 is 0 Å². The number of aromatic nitrogens is 6. The van der Waals surface area contributed by atoms with Crippen LogP contribution >= 0.6 is 0 Å². The van der Waals surface area contributed by atoms with Crippen molar-refractivity contribution in [2.75, 3.05) is 25.0 Å². The fourth-order valence-electron chi connectivity index (χ4n) is 4.71. The van der Waals surface area contributed by atoms with Crippen molar-refractivity contribution in [2.24, 2.45) is 7.05 Å². The molecule has 1 unspecified atom stereocenters. The molecule has 0 radical (unpaired) electrons. The van der Waals surface area contributed by atoms with Crippen LogP contribution in [0.5, 0.6) is 0 Å². The van der Waals surface area contributed by atoms with E-state index in [9.17, 15) is 4.79 Å². The predicted molar refractivity (Wildman–Crippen MR) is 115 cm³/mol. The molecule has 1 atom stereocenters. The summed E-state index contributed by atoms with van der Waals surface area (Å²) >= 11 is 0. The van der Waals surface area contributed by atoms with Crippen molar-refractivity contribution in [3.05, 3.63) is 40.2 Å². The Kier molecular flexibility index (Phi) is 5.20. The van der Waals surface area contributed by atoms with Gasteiger partial charge in [-0.05, 0) is 44.2 Å². The van der Waals surface area contributed by atoms with Gasteiger partial charge in [0.05, 0.1) is 17.6 Å². The number of hydrogen-bond donors (Lipinski definition) is 1. The summed E-state index contributed by atoms with van der Waals surface area (Å²) in [6, 6.07) is 2.20. The molecule has 2 aliphatic rings. The van der Waals surface area contributed by atoms with E-state index in [1.165, 1.54) is 12.8 Å². The van der Waals surface area contributed by atoms with Crippen molar-refractivity contribution in [1.82, 2.24) is 34.4 Å². The average molecular weight is 409 g/mol. The number of nitrogens with one attached hydrogen (secondary N) is 1. The molecular weight excluding hydrogens is 380 g/mol. The summed E-state index contributed by atoms with van der Waals surface area (Å²) in [4.78, 5) is 23.6. The van der Waals surface area contributed by atoms with Crippen molar-refractivity contribution in [3.8, 4) is 0 Å². The summed E-state index contributed by atoms with van der Waals surface area (Å²) in [7, 11) is 1.89. The van der Waals surface area contributed by atoms with Crippen LogP contribution in [0.25, 0.3) is 11.0 Å². The van der Waals surface area contributed by atoms with E-state index >= 15 is 0 Å². The highest BCUT2D eigenvalue weighted by Gasteiger charge is 2.23. The van der Waals surface area contributed by atoms with Gasteiger partial charge >= 0.3 is 0 Å². The zero-order valence-corrected chi connectivity index (χ0v) is 17.4. The first-order valence-electron chi connectivity index (χ1n) is 10.9. The van der Waals surface area contributed by atoms with E-state index in [0.29, 0.717) is 18.2 Å². The lowest BCUT2D eigenvalue weighted by atomic mass is 10.0. The standard InChI is InChI=1S/C21H28N8O/c1-27-13-17-20(23-14-24-21(17)26-27)22-12-16-6-2-3-8-28(16)9-10-29-19(30)11-15-5-4-7-18(15)25-29/h11,13-14,16H,2-10,12H2,1H3,(H,22,23,24,26). The normalized spacial score (nSPS) is 19.3. The molecule has 1 saturated heterocycles. The highest BCUT2D eigenvalue weighted by molar-refractivity contribution is 5.85. The molecule has 158 valence electrons. The van der Waals surface area contributed by atoms with E-state index in [2.05, 4.69) is 30.4 Å². The molecule has 1 fully saturated rings. The number of piperidine rings is 1. The average Bonchev–Trinajstić information content (AvgIpc) is 3.36. The van der Waals surface area contributed by atoms with Gasteiger partial charge in [-0.2, -0.15) is 10.2 Å². The lowest BCUT2D eigenvalue weighted by Gasteiger charge is -2.36. The minimum absolute atomic E-state index is 0.0299. The minimum Gasteiger partial charge on any atom is -0.368 e. The summed E-state index contributed by atoms with van der Waals surface area (Å²) in [6.45, 7) is 3.35. The third-order valence-corrected chi connectivity index (χ3v) is 6.31. The molecule has 1 aliphatic carbocycles. The maximum absolute atomic E-state index is 12.4. The van der Waals surface area contributed by atoms with Gasteiger partial charge in [-0.3, -0.25) is 14.4 Å². The number of nitrogens with zero attached hydrogens (tertiary/aromatic N) is 7. The van der Waals surface area contributed by atoms with Crippen molar-refractivity contribution < 1.29 is 0 Å². The van der Waals surface area contributed by atoms with E-state index in [1.807, 2.05) is 13.2 Å². The highest BCUT2D eigenvalue weighted by atomic mass is 16.1. The van der Waals surface area contributed by atoms with Crippen molar-refractivity contribution >= 4 is 16.9 Å². The quantitative estimate of drug-likeness (QED) is 0.658. The minimum atomic E-state index is 0.0299. The number of likely N-dealkylation sites (tertiary alicyclic amines) is 1. The molecule has 9 nitrogen and oxygen atoms in total. The Labute approximate surface area is 175 Å². The largest absolute Gasteiger partial charge is 0.368 e. The second-order valence-corrected chi connectivity index (χ2v) is 8.36. The van der Waals surface area contributed by atoms with Crippen molar-refractivity contribution in [3.63, 3.8) is 0 Å². The molecule has 0 saturated carbocycles. The van der Waals surface area contributed by atoms with E-state index in [-0.39, 0.29) is 5.56 Å². The van der Waals surface area contributed by atoms with Crippen LogP contribution in [0.15, 0.2) is 23.4 Å². The van der Waals surface area contributed by atoms with Crippen molar-refractivity contribution in [2.45, 2.75) is 51.1 Å². The smallest absolute Gasteiger partial charge is 0.267 e. The van der Waals surface area contributed by atoms with E-state index in [1.54, 1.807) is 21.8 Å². The first-order chi connectivity index (χ1) is 14.7. The molecule has 0 aromatic carbocycles. The Bertz CT molecular complexity index is 1100. The lowest BCUT2D eigenvalue weighted by molar-refractivity contribution is 0.148. The molecule has 1 aliphatic heterocycles. The Morgan fingerprint density at radius 2 is 2.07 bits per heavy atom. The molecule has 5 rings (SSSR count). The van der Waals surface area contributed by atoms with E-state index in [4.69, 9.17) is 0 Å². The first-order valence-corrected chi connectivity index (χ1v) is 10.9. The number of aryl methyl sites for hydroxylation is 3. The van der Waals surface area contributed by atoms with Gasteiger partial charge in [-0.1, -0.05) is 6.42 Å². The fourth-order valence-corrected chi connectivity index (χ4v) is 4.71. The van der Waals surface area contributed by atoms with Crippen LogP contribution in [0.1, 0.15) is 36.9 Å². The molecule has 30 heavy (non-hydrogen) atoms. The second kappa shape index (κ2) is 8.14. The molecule has 0 spiro atoms. The third-order valence-electron chi connectivity index (χ3n) is 6.31. The Hall–Kier alpha value is -2.81. The SMILES string of the molecule is Cn1cc2c(NCC3CCCCN3CCn3nc4c(cc3=O)CCC4)ncnc2n1. The summed E-state index contributed by atoms with van der Waals surface area (Å²) in [5.74, 6) is 0.829. The first kappa shape index (κ1) is 19.2. The topological polar surface area (TPSA) is 93.8 Å². The number of anilines is 1. The van der Waals surface area contributed by atoms with Gasteiger partial charge in [0.2, 0.25) is 0 Å². The molecule has 3 aromatic rings. The van der Waals surface area contributed by atoms with Crippen molar-refractivity contribution in [1.29, 1.82) is 0 Å². The molecule has 3 aromatic heterocycles. The van der Waals surface area contributed by atoms with Crippen LogP contribution in [0.4, 0.5) is 5.82 Å². The van der Waals surface area contributed by atoms with Crippen LogP contribution < -0.4 is 10.9 Å². The summed E-state index contributed by atoms with van der Waals surface area (Å²) in [5, 5.41) is 13.4. The summed E-state index contributed by atoms with van der Waals surface area (Å²) in [5.41, 5.74) is 2.98. The van der Waals surface area contributed by atoms with Gasteiger partial charge in [0.1, 0.15) is 12.1 Å². The van der Waals surface area contributed by atoms with Gasteiger partial charge in [-0.25, -0.2) is 14.6 Å². The maximum atomic E-state index is 12.4. The Morgan fingerprint density at radius 1 is 1.13 bits per heavy atom. The monoisotopic (exact) mass is 408 g/mol. The summed E-state index contributed by atoms with van der Waals surface area (Å²) < 4.78 is 3.42. The summed E-state index contributed by atoms with van der Waals surface area (Å²) in [6.07, 6.45) is 10.2. The number of hydrogen-bond acceptors (Lipinski definition) is 7. The maximum Gasteiger partial charge on any atom is 0.267 e. The lowest BCUT2D eigenvalue weighted by Crippen LogP contribution is -2.45. The van der Waals surface area contributed by atoms with Crippen LogP contribution in [-0.2, 0) is 26.4 Å². The fraction of sp³-hybridized carbons (Fsp3) is 0.571.